The van der Waals surface area contributed by atoms with Gasteiger partial charge in [0.25, 0.3) is 11.2 Å². The van der Waals surface area contributed by atoms with Crippen LogP contribution in [0.4, 0.5) is 5.69 Å². The number of carbonyl (C=O) groups excluding carboxylic acids is 1. The molecule has 32 heavy (non-hydrogen) atoms. The number of hydrogen-bond acceptors (Lipinski definition) is 7. The number of thiophene rings is 1. The number of esters is 1. The van der Waals surface area contributed by atoms with Gasteiger partial charge in [-0.05, 0) is 19.4 Å². The quantitative estimate of drug-likeness (QED) is 0.264. The molecule has 0 saturated heterocycles. The Labute approximate surface area is 186 Å². The van der Waals surface area contributed by atoms with Crippen LogP contribution in [0.2, 0.25) is 0 Å². The number of carbonyl (C=O) groups is 1. The van der Waals surface area contributed by atoms with E-state index in [1.54, 1.807) is 6.07 Å². The van der Waals surface area contributed by atoms with Crippen LogP contribution in [0.3, 0.4) is 0 Å². The normalized spacial score (nSPS) is 10.9. The summed E-state index contributed by atoms with van der Waals surface area (Å²) in [6.07, 6.45) is -0.251. The molecule has 162 valence electrons. The lowest BCUT2D eigenvalue weighted by atomic mass is 10.0. The minimum absolute atomic E-state index is 0.143. The Morgan fingerprint density at radius 3 is 2.59 bits per heavy atom. The summed E-state index contributed by atoms with van der Waals surface area (Å²) in [6.45, 7) is 3.70. The molecule has 0 radical (unpaired) electrons. The molecular formula is C23H19N3O5S. The summed E-state index contributed by atoms with van der Waals surface area (Å²) in [7, 11) is 0. The van der Waals surface area contributed by atoms with Gasteiger partial charge in [0.2, 0.25) is 0 Å². The molecule has 0 saturated carbocycles. The number of nitrogens with zero attached hydrogens (tertiary/aromatic N) is 2. The van der Waals surface area contributed by atoms with Gasteiger partial charge in [0.1, 0.15) is 17.3 Å². The molecule has 8 nitrogen and oxygen atoms in total. The van der Waals surface area contributed by atoms with Crippen molar-refractivity contribution in [3.8, 4) is 11.1 Å². The van der Waals surface area contributed by atoms with Crippen molar-refractivity contribution in [1.82, 2.24) is 9.97 Å². The van der Waals surface area contributed by atoms with Crippen LogP contribution < -0.4 is 5.56 Å². The van der Waals surface area contributed by atoms with Crippen molar-refractivity contribution in [2.24, 2.45) is 0 Å². The molecule has 0 atom stereocenters. The van der Waals surface area contributed by atoms with E-state index in [0.717, 1.165) is 21.6 Å². The number of fused-ring (bicyclic) bond motifs is 1. The molecule has 0 fully saturated rings. The van der Waals surface area contributed by atoms with Crippen LogP contribution in [-0.2, 0) is 22.6 Å². The monoisotopic (exact) mass is 449 g/mol. The summed E-state index contributed by atoms with van der Waals surface area (Å²) in [6, 6.07) is 13.9. The lowest BCUT2D eigenvalue weighted by molar-refractivity contribution is -0.385. The van der Waals surface area contributed by atoms with Crippen molar-refractivity contribution < 1.29 is 14.5 Å². The highest BCUT2D eigenvalue weighted by Crippen LogP contribution is 2.35. The van der Waals surface area contributed by atoms with Gasteiger partial charge in [-0.3, -0.25) is 19.7 Å². The molecular weight excluding hydrogens is 430 g/mol. The zero-order chi connectivity index (χ0) is 22.8. The molecule has 0 unspecified atom stereocenters. The van der Waals surface area contributed by atoms with Gasteiger partial charge in [0.15, 0.2) is 0 Å². The van der Waals surface area contributed by atoms with Crippen LogP contribution in [0.15, 0.2) is 53.3 Å². The van der Waals surface area contributed by atoms with E-state index >= 15 is 0 Å². The number of H-pyrrole nitrogens is 1. The number of aromatic amines is 1. The van der Waals surface area contributed by atoms with Crippen molar-refractivity contribution >= 4 is 33.2 Å². The molecule has 0 spiro atoms. The average Bonchev–Trinajstić information content (AvgIpc) is 3.09. The van der Waals surface area contributed by atoms with Crippen LogP contribution in [0.25, 0.3) is 21.3 Å². The van der Waals surface area contributed by atoms with Crippen LogP contribution in [-0.4, -0.2) is 20.9 Å². The summed E-state index contributed by atoms with van der Waals surface area (Å²) in [5.41, 5.74) is 2.72. The Balaban J connectivity index is 1.55. The number of rotatable bonds is 6. The second-order valence-corrected chi connectivity index (χ2v) is 8.52. The first-order chi connectivity index (χ1) is 15.3. The predicted molar refractivity (Wildman–Crippen MR) is 122 cm³/mol. The zero-order valence-corrected chi connectivity index (χ0v) is 18.2. The zero-order valence-electron chi connectivity index (χ0n) is 17.4. The Bertz CT molecular complexity index is 1390. The SMILES string of the molecule is Cc1ccc(-c2c(C)sc3nc(COC(=O)Cc4ccccc4[N+](=O)[O-])[nH]c(=O)c23)cc1. The standard InChI is InChI=1S/C23H19N3O5S/c1-13-7-9-15(10-8-13)20-14(2)32-23-21(20)22(28)24-18(25-23)12-31-19(27)11-16-5-3-4-6-17(16)26(29)30/h3-10H,11-12H2,1-2H3,(H,24,25,28). The third-order valence-corrected chi connectivity index (χ3v) is 6.02. The van der Waals surface area contributed by atoms with E-state index in [1.165, 1.54) is 29.5 Å². The molecule has 0 aliphatic carbocycles. The van der Waals surface area contributed by atoms with Crippen molar-refractivity contribution in [3.05, 3.63) is 90.8 Å². The third-order valence-electron chi connectivity index (χ3n) is 5.02. The highest BCUT2D eigenvalue weighted by Gasteiger charge is 2.19. The van der Waals surface area contributed by atoms with E-state index < -0.39 is 10.9 Å². The van der Waals surface area contributed by atoms with Crippen LogP contribution in [0, 0.1) is 24.0 Å². The molecule has 9 heteroatoms. The summed E-state index contributed by atoms with van der Waals surface area (Å²) >= 11 is 1.40. The molecule has 2 heterocycles. The Hall–Kier alpha value is -3.85. The smallest absolute Gasteiger partial charge is 0.310 e. The van der Waals surface area contributed by atoms with E-state index in [-0.39, 0.29) is 35.7 Å². The number of aromatic nitrogens is 2. The van der Waals surface area contributed by atoms with Crippen LogP contribution >= 0.6 is 11.3 Å². The molecule has 0 amide bonds. The van der Waals surface area contributed by atoms with E-state index in [0.29, 0.717) is 10.2 Å². The van der Waals surface area contributed by atoms with E-state index in [2.05, 4.69) is 9.97 Å². The minimum Gasteiger partial charge on any atom is -0.457 e. The lowest BCUT2D eigenvalue weighted by Crippen LogP contribution is -2.15. The molecule has 0 aliphatic heterocycles. The second-order valence-electron chi connectivity index (χ2n) is 7.32. The van der Waals surface area contributed by atoms with Gasteiger partial charge in [0, 0.05) is 22.1 Å². The highest BCUT2D eigenvalue weighted by atomic mass is 32.1. The fourth-order valence-corrected chi connectivity index (χ4v) is 4.56. The molecule has 2 aromatic carbocycles. The molecule has 4 aromatic rings. The van der Waals surface area contributed by atoms with Crippen LogP contribution in [0.5, 0.6) is 0 Å². The van der Waals surface area contributed by atoms with E-state index in [9.17, 15) is 19.7 Å². The number of nitrogens with one attached hydrogen (secondary N) is 1. The number of hydrogen-bond donors (Lipinski definition) is 1. The number of para-hydroxylation sites is 1. The van der Waals surface area contributed by atoms with Crippen molar-refractivity contribution in [1.29, 1.82) is 0 Å². The molecule has 2 aromatic heterocycles. The van der Waals surface area contributed by atoms with Gasteiger partial charge in [-0.25, -0.2) is 4.98 Å². The van der Waals surface area contributed by atoms with Gasteiger partial charge < -0.3 is 9.72 Å². The number of benzene rings is 2. The van der Waals surface area contributed by atoms with E-state index in [4.69, 9.17) is 4.74 Å². The number of nitro groups is 1. The molecule has 0 aliphatic rings. The van der Waals surface area contributed by atoms with Crippen LogP contribution in [0.1, 0.15) is 21.8 Å². The fraction of sp³-hybridized carbons (Fsp3) is 0.174. The molecule has 1 N–H and O–H groups in total. The number of nitro benzene ring substituents is 1. The maximum atomic E-state index is 12.8. The number of aryl methyl sites for hydroxylation is 2. The Morgan fingerprint density at radius 2 is 1.88 bits per heavy atom. The van der Waals surface area contributed by atoms with Gasteiger partial charge in [-0.1, -0.05) is 48.0 Å². The minimum atomic E-state index is -0.648. The van der Waals surface area contributed by atoms with E-state index in [1.807, 2.05) is 38.1 Å². The third kappa shape index (κ3) is 4.28. The van der Waals surface area contributed by atoms with Gasteiger partial charge >= 0.3 is 5.97 Å². The summed E-state index contributed by atoms with van der Waals surface area (Å²) in [5, 5.41) is 11.6. The predicted octanol–water partition coefficient (Wildman–Crippen LogP) is 4.46. The summed E-state index contributed by atoms with van der Waals surface area (Å²) in [5.74, 6) is -0.431. The maximum Gasteiger partial charge on any atom is 0.310 e. The number of ether oxygens (including phenoxy) is 1. The first kappa shape index (κ1) is 21.4. The van der Waals surface area contributed by atoms with Crippen molar-refractivity contribution in [2.45, 2.75) is 26.9 Å². The highest BCUT2D eigenvalue weighted by molar-refractivity contribution is 7.19. The fourth-order valence-electron chi connectivity index (χ4n) is 3.49. The average molecular weight is 449 g/mol. The Kier molecular flexibility index (Phi) is 5.83. The first-order valence-corrected chi connectivity index (χ1v) is 10.6. The summed E-state index contributed by atoms with van der Waals surface area (Å²) < 4.78 is 5.22. The molecule has 4 rings (SSSR count). The lowest BCUT2D eigenvalue weighted by Gasteiger charge is -2.06. The topological polar surface area (TPSA) is 115 Å². The summed E-state index contributed by atoms with van der Waals surface area (Å²) in [4.78, 5) is 44.3. The largest absolute Gasteiger partial charge is 0.457 e. The van der Waals surface area contributed by atoms with Gasteiger partial charge in [0.05, 0.1) is 16.7 Å². The van der Waals surface area contributed by atoms with Crippen molar-refractivity contribution in [2.75, 3.05) is 0 Å². The van der Waals surface area contributed by atoms with Gasteiger partial charge in [-0.2, -0.15) is 0 Å². The first-order valence-electron chi connectivity index (χ1n) is 9.80. The Morgan fingerprint density at radius 1 is 1.16 bits per heavy atom. The molecule has 0 bridgehead atoms. The second kappa shape index (κ2) is 8.72. The van der Waals surface area contributed by atoms with Gasteiger partial charge in [-0.15, -0.1) is 11.3 Å². The van der Waals surface area contributed by atoms with Crippen molar-refractivity contribution in [3.63, 3.8) is 0 Å². The maximum absolute atomic E-state index is 12.8.